The first-order chi connectivity index (χ1) is 19.3. The van der Waals surface area contributed by atoms with Crippen LogP contribution in [0.4, 0.5) is 5.69 Å². The van der Waals surface area contributed by atoms with Crippen LogP contribution in [0.1, 0.15) is 45.2 Å². The third-order valence-corrected chi connectivity index (χ3v) is 8.51. The van der Waals surface area contributed by atoms with Gasteiger partial charge in [-0.25, -0.2) is 8.42 Å². The van der Waals surface area contributed by atoms with Gasteiger partial charge in [-0.1, -0.05) is 61.0 Å². The largest absolute Gasteiger partial charge is 0.495 e. The fourth-order valence-electron chi connectivity index (χ4n) is 4.43. The van der Waals surface area contributed by atoms with Crippen molar-refractivity contribution in [2.24, 2.45) is 0 Å². The van der Waals surface area contributed by atoms with Gasteiger partial charge in [-0.15, -0.1) is 0 Å². The van der Waals surface area contributed by atoms with Gasteiger partial charge in [-0.05, 0) is 75.6 Å². The molecule has 0 bridgehead atoms. The van der Waals surface area contributed by atoms with E-state index < -0.39 is 34.1 Å². The lowest BCUT2D eigenvalue weighted by Gasteiger charge is -2.35. The van der Waals surface area contributed by atoms with Gasteiger partial charge in [0.2, 0.25) is 11.8 Å². The van der Waals surface area contributed by atoms with E-state index in [4.69, 9.17) is 16.3 Å². The van der Waals surface area contributed by atoms with Gasteiger partial charge in [0.05, 0.1) is 17.7 Å². The molecule has 3 aromatic rings. The summed E-state index contributed by atoms with van der Waals surface area (Å²) in [7, 11) is -2.83. The summed E-state index contributed by atoms with van der Waals surface area (Å²) in [4.78, 5) is 29.1. The number of halogens is 1. The van der Waals surface area contributed by atoms with Gasteiger partial charge in [0.1, 0.15) is 18.3 Å². The molecule has 3 aromatic carbocycles. The van der Waals surface area contributed by atoms with Crippen molar-refractivity contribution < 1.29 is 22.7 Å². The Hall–Kier alpha value is -3.56. The number of anilines is 1. The molecule has 0 aromatic heterocycles. The zero-order valence-electron chi connectivity index (χ0n) is 24.3. The lowest BCUT2D eigenvalue weighted by atomic mass is 10.0. The molecular formula is C31H38ClN3O5S. The molecule has 0 aliphatic rings. The van der Waals surface area contributed by atoms with Gasteiger partial charge >= 0.3 is 0 Å². The van der Waals surface area contributed by atoms with E-state index in [0.29, 0.717) is 6.42 Å². The highest BCUT2D eigenvalue weighted by atomic mass is 35.5. The summed E-state index contributed by atoms with van der Waals surface area (Å²) in [6.45, 7) is 8.88. The van der Waals surface area contributed by atoms with Gasteiger partial charge in [0.25, 0.3) is 10.0 Å². The number of nitrogens with zero attached hydrogens (tertiary/aromatic N) is 2. The van der Waals surface area contributed by atoms with E-state index in [9.17, 15) is 18.0 Å². The first-order valence-corrected chi connectivity index (χ1v) is 15.2. The van der Waals surface area contributed by atoms with Gasteiger partial charge < -0.3 is 15.0 Å². The molecule has 0 spiro atoms. The Morgan fingerprint density at radius 3 is 2.22 bits per heavy atom. The summed E-state index contributed by atoms with van der Waals surface area (Å²) in [5.41, 5.74) is 1.38. The van der Waals surface area contributed by atoms with Crippen LogP contribution in [0, 0.1) is 6.92 Å². The fourth-order valence-corrected chi connectivity index (χ4v) is 6.04. The molecule has 0 saturated heterocycles. The molecule has 8 nitrogen and oxygen atoms in total. The highest BCUT2D eigenvalue weighted by Gasteiger charge is 2.35. The number of ether oxygens (including phenoxy) is 1. The van der Waals surface area contributed by atoms with E-state index in [1.807, 2.05) is 58.9 Å². The zero-order chi connectivity index (χ0) is 30.4. The first kappa shape index (κ1) is 32.0. The Kier molecular flexibility index (Phi) is 10.4. The lowest BCUT2D eigenvalue weighted by Crippen LogP contribution is -2.55. The van der Waals surface area contributed by atoms with Crippen molar-refractivity contribution in [1.82, 2.24) is 10.2 Å². The maximum absolute atomic E-state index is 14.2. The second-order valence-corrected chi connectivity index (χ2v) is 13.1. The summed E-state index contributed by atoms with van der Waals surface area (Å²) in [6, 6.07) is 19.1. The molecule has 0 heterocycles. The normalized spacial score (nSPS) is 12.4. The van der Waals surface area contributed by atoms with Crippen LogP contribution in [0.25, 0.3) is 0 Å². The number of methoxy groups -OCH3 is 1. The molecule has 3 rings (SSSR count). The number of hydrogen-bond donors (Lipinski definition) is 1. The molecular weight excluding hydrogens is 562 g/mol. The average Bonchev–Trinajstić information content (AvgIpc) is 2.92. The van der Waals surface area contributed by atoms with Crippen LogP contribution in [0.15, 0.2) is 77.7 Å². The van der Waals surface area contributed by atoms with Crippen LogP contribution >= 0.6 is 11.6 Å². The maximum Gasteiger partial charge on any atom is 0.264 e. The van der Waals surface area contributed by atoms with Crippen LogP contribution in [0.2, 0.25) is 5.02 Å². The lowest BCUT2D eigenvalue weighted by molar-refractivity contribution is -0.141. The number of amides is 2. The maximum atomic E-state index is 14.2. The Labute approximate surface area is 248 Å². The molecule has 0 saturated carbocycles. The molecule has 0 aliphatic heterocycles. The molecule has 0 fully saturated rings. The van der Waals surface area contributed by atoms with Crippen molar-refractivity contribution in [3.63, 3.8) is 0 Å². The summed E-state index contributed by atoms with van der Waals surface area (Å²) < 4.78 is 34.5. The number of sulfonamides is 1. The van der Waals surface area contributed by atoms with Crippen molar-refractivity contribution >= 4 is 39.1 Å². The smallest absolute Gasteiger partial charge is 0.264 e. The summed E-state index contributed by atoms with van der Waals surface area (Å²) in [6.07, 6.45) is 0.325. The highest BCUT2D eigenvalue weighted by Crippen LogP contribution is 2.35. The molecule has 41 heavy (non-hydrogen) atoms. The standard InChI is InChI=1S/C31H38ClN3O5S/c1-7-26(30(37)33-31(3,4)5)34(20-23-14-12-11-13-22(23)2)29(36)21-35(27-19-24(32)17-18-28(27)40-6)41(38,39)25-15-9-8-10-16-25/h8-19,26H,7,20-21H2,1-6H3,(H,33,37)/t26-/m1/s1. The highest BCUT2D eigenvalue weighted by molar-refractivity contribution is 7.92. The second kappa shape index (κ2) is 13.4. The van der Waals surface area contributed by atoms with E-state index in [-0.39, 0.29) is 33.8 Å². The number of carbonyl (C=O) groups excluding carboxylic acids is 2. The van der Waals surface area contributed by atoms with Crippen LogP contribution < -0.4 is 14.4 Å². The summed E-state index contributed by atoms with van der Waals surface area (Å²) >= 11 is 6.29. The third-order valence-electron chi connectivity index (χ3n) is 6.51. The minimum atomic E-state index is -4.25. The molecule has 0 unspecified atom stereocenters. The molecule has 2 amide bonds. The number of aryl methyl sites for hydroxylation is 1. The van der Waals surface area contributed by atoms with Gasteiger partial charge in [0, 0.05) is 17.1 Å². The summed E-state index contributed by atoms with van der Waals surface area (Å²) in [5, 5.41) is 3.24. The summed E-state index contributed by atoms with van der Waals surface area (Å²) in [5.74, 6) is -0.643. The van der Waals surface area contributed by atoms with Crippen molar-refractivity contribution in [2.45, 2.75) is 64.1 Å². The van der Waals surface area contributed by atoms with E-state index in [0.717, 1.165) is 15.4 Å². The topological polar surface area (TPSA) is 96.0 Å². The van der Waals surface area contributed by atoms with Gasteiger partial charge in [-0.3, -0.25) is 13.9 Å². The molecule has 1 N–H and O–H groups in total. The Balaban J connectivity index is 2.14. The Bertz CT molecular complexity index is 1470. The average molecular weight is 600 g/mol. The van der Waals surface area contributed by atoms with Crippen molar-refractivity contribution in [1.29, 1.82) is 0 Å². The molecule has 0 radical (unpaired) electrons. The van der Waals surface area contributed by atoms with E-state index in [1.54, 1.807) is 30.3 Å². The molecule has 0 aliphatic carbocycles. The van der Waals surface area contributed by atoms with Crippen molar-refractivity contribution in [3.05, 3.63) is 88.9 Å². The first-order valence-electron chi connectivity index (χ1n) is 13.4. The van der Waals surface area contributed by atoms with Crippen molar-refractivity contribution in [3.8, 4) is 5.75 Å². The fraction of sp³-hybridized carbons (Fsp3) is 0.355. The van der Waals surface area contributed by atoms with Crippen molar-refractivity contribution in [2.75, 3.05) is 18.0 Å². The zero-order valence-corrected chi connectivity index (χ0v) is 25.9. The van der Waals surface area contributed by atoms with E-state index >= 15 is 0 Å². The van der Waals surface area contributed by atoms with Crippen LogP contribution in [-0.4, -0.2) is 50.4 Å². The van der Waals surface area contributed by atoms with E-state index in [1.165, 1.54) is 30.2 Å². The quantitative estimate of drug-likeness (QED) is 0.311. The number of nitrogens with one attached hydrogen (secondary N) is 1. The monoisotopic (exact) mass is 599 g/mol. The molecule has 10 heteroatoms. The third kappa shape index (κ3) is 8.01. The number of rotatable bonds is 11. The SMILES string of the molecule is CC[C@H](C(=O)NC(C)(C)C)N(Cc1ccccc1C)C(=O)CN(c1cc(Cl)ccc1OC)S(=O)(=O)c1ccccc1. The minimum Gasteiger partial charge on any atom is -0.495 e. The Morgan fingerprint density at radius 2 is 1.63 bits per heavy atom. The van der Waals surface area contributed by atoms with Crippen LogP contribution in [-0.2, 0) is 26.2 Å². The predicted octanol–water partition coefficient (Wildman–Crippen LogP) is 5.57. The molecule has 220 valence electrons. The number of carbonyl (C=O) groups is 2. The van der Waals surface area contributed by atoms with Crippen LogP contribution in [0.5, 0.6) is 5.75 Å². The van der Waals surface area contributed by atoms with Crippen LogP contribution in [0.3, 0.4) is 0 Å². The Morgan fingerprint density at radius 1 is 1.00 bits per heavy atom. The number of benzene rings is 3. The minimum absolute atomic E-state index is 0.00204. The number of hydrogen-bond acceptors (Lipinski definition) is 5. The predicted molar refractivity (Wildman–Crippen MR) is 163 cm³/mol. The van der Waals surface area contributed by atoms with Gasteiger partial charge in [0.15, 0.2) is 0 Å². The molecule has 1 atom stereocenters. The van der Waals surface area contributed by atoms with E-state index in [2.05, 4.69) is 5.32 Å². The van der Waals surface area contributed by atoms with Gasteiger partial charge in [-0.2, -0.15) is 0 Å². The second-order valence-electron chi connectivity index (χ2n) is 10.8.